The fourth-order valence-electron chi connectivity index (χ4n) is 3.17. The highest BCUT2D eigenvalue weighted by molar-refractivity contribution is 7.90. The Morgan fingerprint density at radius 1 is 1.41 bits per heavy atom. The average molecular weight is 445 g/mol. The molecule has 3 rings (SSSR count). The molecule has 1 aliphatic carbocycles. The Morgan fingerprint density at radius 2 is 2.21 bits per heavy atom. The molecule has 2 heterocycles. The smallest absolute Gasteiger partial charge is 0.214 e. The van der Waals surface area contributed by atoms with Crippen LogP contribution in [0.15, 0.2) is 36.3 Å². The van der Waals surface area contributed by atoms with Gasteiger partial charge in [0.25, 0.3) is 0 Å². The van der Waals surface area contributed by atoms with Crippen molar-refractivity contribution in [2.45, 2.75) is 37.5 Å². The van der Waals surface area contributed by atoms with Crippen LogP contribution in [0.5, 0.6) is 0 Å². The van der Waals surface area contributed by atoms with Crippen LogP contribution in [0.4, 0.5) is 4.39 Å². The molecule has 1 aliphatic heterocycles. The maximum Gasteiger partial charge on any atom is 0.214 e. The second-order valence-electron chi connectivity index (χ2n) is 7.30. The van der Waals surface area contributed by atoms with Gasteiger partial charge in [0, 0.05) is 24.8 Å². The number of rotatable bonds is 9. The average Bonchev–Trinajstić information content (AvgIpc) is 3.54. The molecular weight excluding hydrogens is 419 g/mol. The lowest BCUT2D eigenvalue weighted by atomic mass is 9.98. The summed E-state index contributed by atoms with van der Waals surface area (Å²) in [5, 5.41) is 0.242. The number of ether oxygens (including phenoxy) is 2. The first kappa shape index (κ1) is 22.4. The molecule has 2 aliphatic rings. The van der Waals surface area contributed by atoms with Crippen LogP contribution in [0.25, 0.3) is 5.57 Å². The lowest BCUT2D eigenvalue weighted by molar-refractivity contribution is -0.00597. The molecule has 0 spiro atoms. The third-order valence-corrected chi connectivity index (χ3v) is 7.18. The van der Waals surface area contributed by atoms with Crippen molar-refractivity contribution in [2.75, 3.05) is 26.4 Å². The van der Waals surface area contributed by atoms with Crippen LogP contribution >= 0.6 is 11.6 Å². The lowest BCUT2D eigenvalue weighted by Crippen LogP contribution is -2.48. The van der Waals surface area contributed by atoms with Crippen molar-refractivity contribution in [3.63, 3.8) is 0 Å². The summed E-state index contributed by atoms with van der Waals surface area (Å²) in [6, 6.07) is 3.17. The van der Waals surface area contributed by atoms with Crippen molar-refractivity contribution < 1.29 is 22.3 Å². The second kappa shape index (κ2) is 10.1. The monoisotopic (exact) mass is 444 g/mol. The van der Waals surface area contributed by atoms with E-state index in [4.69, 9.17) is 21.1 Å². The summed E-state index contributed by atoms with van der Waals surface area (Å²) in [6.07, 6.45) is 6.66. The molecule has 1 saturated heterocycles. The Kier molecular flexibility index (Phi) is 7.81. The number of pyridine rings is 1. The van der Waals surface area contributed by atoms with Crippen molar-refractivity contribution in [3.8, 4) is 0 Å². The van der Waals surface area contributed by atoms with Crippen LogP contribution in [0.1, 0.15) is 31.9 Å². The van der Waals surface area contributed by atoms with Crippen LogP contribution in [0.2, 0.25) is 5.02 Å². The molecule has 2 atom stereocenters. The Balaban J connectivity index is 1.53. The van der Waals surface area contributed by atoms with Crippen LogP contribution in [-0.2, 0) is 19.5 Å². The molecule has 0 aromatic carbocycles. The van der Waals surface area contributed by atoms with Gasteiger partial charge in [0.05, 0.1) is 35.8 Å². The summed E-state index contributed by atoms with van der Waals surface area (Å²) in [5.74, 6) is -0.592. The first-order valence-electron chi connectivity index (χ1n) is 9.70. The predicted octanol–water partition coefficient (Wildman–Crippen LogP) is 3.50. The summed E-state index contributed by atoms with van der Waals surface area (Å²) in [6.45, 7) is 2.69. The van der Waals surface area contributed by atoms with E-state index in [1.165, 1.54) is 12.3 Å². The van der Waals surface area contributed by atoms with Gasteiger partial charge in [-0.3, -0.25) is 4.98 Å². The van der Waals surface area contributed by atoms with Crippen molar-refractivity contribution in [2.24, 2.45) is 5.92 Å². The van der Waals surface area contributed by atoms with Gasteiger partial charge in [-0.15, -0.1) is 0 Å². The molecule has 29 heavy (non-hydrogen) atoms. The first-order valence-corrected chi connectivity index (χ1v) is 11.6. The van der Waals surface area contributed by atoms with E-state index in [2.05, 4.69) is 9.71 Å². The zero-order valence-corrected chi connectivity index (χ0v) is 17.9. The van der Waals surface area contributed by atoms with Crippen LogP contribution in [0, 0.1) is 5.92 Å². The van der Waals surface area contributed by atoms with E-state index in [0.29, 0.717) is 48.8 Å². The lowest BCUT2D eigenvalue weighted by Gasteiger charge is -2.31. The standard InChI is InChI=1S/C20H26ClFN2O4S/c1-2-14(19-6-3-16(21)10-23-19)9-17(22)13-28-12-15-11-27-8-7-20(15)24-29(25,26)18-4-5-18/h2-3,6,9-10,15,18,20,24H,4-5,7-8,11-13H2,1H3/b14-2+,17-9+/t15-,20?/m1/s1. The van der Waals surface area contributed by atoms with Crippen LogP contribution < -0.4 is 4.72 Å². The summed E-state index contributed by atoms with van der Waals surface area (Å²) in [7, 11) is -3.28. The molecule has 1 unspecified atom stereocenters. The van der Waals surface area contributed by atoms with Crippen molar-refractivity contribution in [3.05, 3.63) is 47.0 Å². The molecule has 1 aromatic rings. The molecule has 0 amide bonds. The maximum atomic E-state index is 14.3. The van der Waals surface area contributed by atoms with Gasteiger partial charge in [-0.1, -0.05) is 17.7 Å². The highest BCUT2D eigenvalue weighted by Crippen LogP contribution is 2.29. The van der Waals surface area contributed by atoms with E-state index in [0.717, 1.165) is 0 Å². The summed E-state index contributed by atoms with van der Waals surface area (Å²) >= 11 is 5.84. The normalized spacial score (nSPS) is 24.0. The number of nitrogens with zero attached hydrogens (tertiary/aromatic N) is 1. The number of sulfonamides is 1. The summed E-state index contributed by atoms with van der Waals surface area (Å²) < 4.78 is 52.5. The maximum absolute atomic E-state index is 14.3. The molecule has 1 N–H and O–H groups in total. The summed E-state index contributed by atoms with van der Waals surface area (Å²) in [5.41, 5.74) is 1.24. The minimum Gasteiger partial charge on any atom is -0.381 e. The van der Waals surface area contributed by atoms with E-state index in [-0.39, 0.29) is 30.4 Å². The molecule has 1 aromatic heterocycles. The van der Waals surface area contributed by atoms with Crippen molar-refractivity contribution >= 4 is 27.2 Å². The Hall–Kier alpha value is -1.32. The number of halogens is 2. The van der Waals surface area contributed by atoms with Gasteiger partial charge < -0.3 is 9.47 Å². The van der Waals surface area contributed by atoms with Gasteiger partial charge in [0.1, 0.15) is 5.83 Å². The molecular formula is C20H26ClFN2O4S. The molecule has 2 fully saturated rings. The Morgan fingerprint density at radius 3 is 2.86 bits per heavy atom. The van der Waals surface area contributed by atoms with Crippen molar-refractivity contribution in [1.82, 2.24) is 9.71 Å². The Bertz CT molecular complexity index is 854. The molecule has 9 heteroatoms. The van der Waals surface area contributed by atoms with E-state index < -0.39 is 15.9 Å². The number of aromatic nitrogens is 1. The van der Waals surface area contributed by atoms with Crippen molar-refractivity contribution in [1.29, 1.82) is 0 Å². The fourth-order valence-corrected chi connectivity index (χ4v) is 4.96. The number of nitrogens with one attached hydrogen (secondary N) is 1. The number of hydrogen-bond acceptors (Lipinski definition) is 5. The molecule has 160 valence electrons. The van der Waals surface area contributed by atoms with Gasteiger partial charge in [-0.25, -0.2) is 17.5 Å². The molecule has 0 radical (unpaired) electrons. The third kappa shape index (κ3) is 6.58. The highest BCUT2D eigenvalue weighted by Gasteiger charge is 2.39. The predicted molar refractivity (Wildman–Crippen MR) is 111 cm³/mol. The fraction of sp³-hybridized carbons (Fsp3) is 0.550. The first-order chi connectivity index (χ1) is 13.9. The SMILES string of the molecule is C/C=C(\C=C(\F)COC[C@H]1COCCC1NS(=O)(=O)C1CC1)c1ccc(Cl)cn1. The van der Waals surface area contributed by atoms with E-state index >= 15 is 0 Å². The molecule has 6 nitrogen and oxygen atoms in total. The summed E-state index contributed by atoms with van der Waals surface area (Å²) in [4.78, 5) is 4.19. The van der Waals surface area contributed by atoms with E-state index in [1.807, 2.05) is 0 Å². The van der Waals surface area contributed by atoms with Crippen LogP contribution in [-0.4, -0.2) is 51.1 Å². The quantitative estimate of drug-likeness (QED) is 0.590. The van der Waals surface area contributed by atoms with Gasteiger partial charge >= 0.3 is 0 Å². The third-order valence-electron chi connectivity index (χ3n) is 4.97. The van der Waals surface area contributed by atoms with Crippen LogP contribution in [0.3, 0.4) is 0 Å². The number of hydrogen-bond donors (Lipinski definition) is 1. The molecule has 1 saturated carbocycles. The second-order valence-corrected chi connectivity index (χ2v) is 9.73. The topological polar surface area (TPSA) is 77.5 Å². The minimum atomic E-state index is -3.28. The van der Waals surface area contributed by atoms with Gasteiger partial charge in [0.2, 0.25) is 10.0 Å². The van der Waals surface area contributed by atoms with Gasteiger partial charge in [-0.05, 0) is 50.0 Å². The zero-order chi connectivity index (χ0) is 20.9. The van der Waals surface area contributed by atoms with Gasteiger partial charge in [0.15, 0.2) is 0 Å². The number of allylic oxidation sites excluding steroid dienone is 3. The van der Waals surface area contributed by atoms with E-state index in [9.17, 15) is 12.8 Å². The molecule has 0 bridgehead atoms. The largest absolute Gasteiger partial charge is 0.381 e. The zero-order valence-electron chi connectivity index (χ0n) is 16.3. The van der Waals surface area contributed by atoms with E-state index in [1.54, 1.807) is 25.1 Å². The minimum absolute atomic E-state index is 0.149. The van der Waals surface area contributed by atoms with Gasteiger partial charge in [-0.2, -0.15) is 0 Å². The highest BCUT2D eigenvalue weighted by atomic mass is 35.5. The Labute approximate surface area is 176 Å².